The van der Waals surface area contributed by atoms with E-state index in [9.17, 15) is 4.79 Å². The minimum atomic E-state index is -0.0366. The van der Waals surface area contributed by atoms with E-state index in [1.165, 1.54) is 16.9 Å². The predicted molar refractivity (Wildman–Crippen MR) is 108 cm³/mol. The number of hydrogen-bond donors (Lipinski definition) is 1. The average molecular weight is 395 g/mol. The Labute approximate surface area is 167 Å². The lowest BCUT2D eigenvalue weighted by Crippen LogP contribution is -2.28. The smallest absolute Gasteiger partial charge is 0.226 e. The van der Waals surface area contributed by atoms with Crippen molar-refractivity contribution in [1.82, 2.24) is 15.3 Å². The summed E-state index contributed by atoms with van der Waals surface area (Å²) in [6.45, 7) is 0. The molecule has 2 aromatic heterocycles. The van der Waals surface area contributed by atoms with Crippen LogP contribution in [0.1, 0.15) is 29.3 Å². The summed E-state index contributed by atoms with van der Waals surface area (Å²) < 4.78 is 10.8. The summed E-state index contributed by atoms with van der Waals surface area (Å²) in [4.78, 5) is 21.4. The fraction of sp³-hybridized carbons (Fsp3) is 0.286. The van der Waals surface area contributed by atoms with Crippen molar-refractivity contribution >= 4 is 17.2 Å². The zero-order chi connectivity index (χ0) is 19.5. The van der Waals surface area contributed by atoms with E-state index in [1.807, 2.05) is 35.7 Å². The summed E-state index contributed by atoms with van der Waals surface area (Å²) in [5.41, 5.74) is 3.87. The Morgan fingerprint density at radius 2 is 2.07 bits per heavy atom. The van der Waals surface area contributed by atoms with Crippen LogP contribution in [0.4, 0.5) is 0 Å². The first-order chi connectivity index (χ1) is 13.7. The van der Waals surface area contributed by atoms with Crippen molar-refractivity contribution in [2.45, 2.75) is 25.3 Å². The number of hydrogen-bond acceptors (Lipinski definition) is 6. The molecule has 0 saturated heterocycles. The zero-order valence-corrected chi connectivity index (χ0v) is 16.6. The molecule has 0 aliphatic heterocycles. The molecule has 144 valence electrons. The van der Waals surface area contributed by atoms with Crippen molar-refractivity contribution in [3.05, 3.63) is 58.7 Å². The third-order valence-electron chi connectivity index (χ3n) is 4.84. The van der Waals surface area contributed by atoms with Gasteiger partial charge in [-0.15, -0.1) is 11.3 Å². The maximum Gasteiger partial charge on any atom is 0.226 e. The van der Waals surface area contributed by atoms with Crippen LogP contribution in [0, 0.1) is 0 Å². The van der Waals surface area contributed by atoms with Gasteiger partial charge < -0.3 is 14.8 Å². The van der Waals surface area contributed by atoms with Gasteiger partial charge in [0.25, 0.3) is 0 Å². The van der Waals surface area contributed by atoms with Crippen LogP contribution in [0.5, 0.6) is 11.5 Å². The summed E-state index contributed by atoms with van der Waals surface area (Å²) >= 11 is 1.50. The van der Waals surface area contributed by atoms with E-state index < -0.39 is 0 Å². The number of nitrogens with one attached hydrogen (secondary N) is 1. The summed E-state index contributed by atoms with van der Waals surface area (Å²) in [7, 11) is 3.25. The van der Waals surface area contributed by atoms with Crippen LogP contribution in [0.3, 0.4) is 0 Å². The molecule has 0 fully saturated rings. The number of aromatic nitrogens is 2. The molecule has 6 nitrogen and oxygen atoms in total. The SMILES string of the molecule is COc1cc2c(cc1OC)[C@@H](NC(=O)Cc1csc(-c3ccccn3)n1)CC2. The number of amides is 1. The van der Waals surface area contributed by atoms with Gasteiger partial charge in [0.2, 0.25) is 5.91 Å². The molecule has 1 aliphatic carbocycles. The first-order valence-corrected chi connectivity index (χ1v) is 9.96. The Morgan fingerprint density at radius 1 is 1.25 bits per heavy atom. The van der Waals surface area contributed by atoms with Gasteiger partial charge in [0, 0.05) is 11.6 Å². The number of fused-ring (bicyclic) bond motifs is 1. The standard InChI is InChI=1S/C21H21N3O3S/c1-26-18-9-13-6-7-16(15(13)11-19(18)27-2)24-20(25)10-14-12-28-21(23-14)17-5-3-4-8-22-17/h3-5,8-9,11-12,16H,6-7,10H2,1-2H3,(H,24,25)/t16-/m0/s1. The minimum absolute atomic E-state index is 0.0174. The molecule has 28 heavy (non-hydrogen) atoms. The molecule has 0 bridgehead atoms. The number of carbonyl (C=O) groups excluding carboxylic acids is 1. The fourth-order valence-corrected chi connectivity index (χ4v) is 4.28. The second kappa shape index (κ2) is 7.98. The van der Waals surface area contributed by atoms with Crippen LogP contribution in [0.25, 0.3) is 10.7 Å². The topological polar surface area (TPSA) is 73.3 Å². The van der Waals surface area contributed by atoms with Crippen molar-refractivity contribution in [2.24, 2.45) is 0 Å². The maximum atomic E-state index is 12.6. The molecular formula is C21H21N3O3S. The van der Waals surface area contributed by atoms with Crippen molar-refractivity contribution in [3.8, 4) is 22.2 Å². The van der Waals surface area contributed by atoms with E-state index in [2.05, 4.69) is 15.3 Å². The van der Waals surface area contributed by atoms with Crippen LogP contribution < -0.4 is 14.8 Å². The first-order valence-electron chi connectivity index (χ1n) is 9.08. The van der Waals surface area contributed by atoms with Gasteiger partial charge in [-0.25, -0.2) is 4.98 Å². The van der Waals surface area contributed by atoms with E-state index >= 15 is 0 Å². The molecule has 2 heterocycles. The van der Waals surface area contributed by atoms with Gasteiger partial charge in [-0.2, -0.15) is 0 Å². The monoisotopic (exact) mass is 395 g/mol. The summed E-state index contributed by atoms with van der Waals surface area (Å²) in [6.07, 6.45) is 3.77. The second-order valence-electron chi connectivity index (χ2n) is 6.60. The number of pyridine rings is 1. The predicted octanol–water partition coefficient (Wildman–Crippen LogP) is 3.57. The van der Waals surface area contributed by atoms with Crippen LogP contribution in [0.2, 0.25) is 0 Å². The number of nitrogens with zero attached hydrogens (tertiary/aromatic N) is 2. The van der Waals surface area contributed by atoms with E-state index in [0.29, 0.717) is 5.75 Å². The number of rotatable bonds is 6. The molecular weight excluding hydrogens is 374 g/mol. The van der Waals surface area contributed by atoms with Crippen LogP contribution in [-0.4, -0.2) is 30.1 Å². The van der Waals surface area contributed by atoms with Crippen LogP contribution in [0.15, 0.2) is 41.9 Å². The Morgan fingerprint density at radius 3 is 2.82 bits per heavy atom. The highest BCUT2D eigenvalue weighted by molar-refractivity contribution is 7.13. The van der Waals surface area contributed by atoms with Gasteiger partial charge in [-0.3, -0.25) is 9.78 Å². The van der Waals surface area contributed by atoms with Gasteiger partial charge in [0.05, 0.1) is 38.1 Å². The first kappa shape index (κ1) is 18.4. The van der Waals surface area contributed by atoms with Crippen LogP contribution >= 0.6 is 11.3 Å². The van der Waals surface area contributed by atoms with Gasteiger partial charge in [0.1, 0.15) is 5.01 Å². The van der Waals surface area contributed by atoms with Gasteiger partial charge >= 0.3 is 0 Å². The molecule has 1 aliphatic rings. The number of carbonyl (C=O) groups is 1. The molecule has 0 spiro atoms. The largest absolute Gasteiger partial charge is 0.493 e. The Hall–Kier alpha value is -2.93. The van der Waals surface area contributed by atoms with Crippen molar-refractivity contribution in [2.75, 3.05) is 14.2 Å². The zero-order valence-electron chi connectivity index (χ0n) is 15.8. The fourth-order valence-electron chi connectivity index (χ4n) is 3.49. The molecule has 0 radical (unpaired) electrons. The summed E-state index contributed by atoms with van der Waals surface area (Å²) in [5, 5.41) is 5.88. The van der Waals surface area contributed by atoms with Crippen molar-refractivity contribution in [3.63, 3.8) is 0 Å². The molecule has 1 aromatic carbocycles. The molecule has 1 amide bonds. The lowest BCUT2D eigenvalue weighted by molar-refractivity contribution is -0.121. The lowest BCUT2D eigenvalue weighted by Gasteiger charge is -2.16. The molecule has 4 rings (SSSR count). The highest BCUT2D eigenvalue weighted by atomic mass is 32.1. The van der Waals surface area contributed by atoms with E-state index in [4.69, 9.17) is 9.47 Å². The lowest BCUT2D eigenvalue weighted by atomic mass is 10.1. The highest BCUT2D eigenvalue weighted by Gasteiger charge is 2.26. The number of thiazole rings is 1. The number of methoxy groups -OCH3 is 2. The molecule has 3 aromatic rings. The quantitative estimate of drug-likeness (QED) is 0.691. The molecule has 7 heteroatoms. The molecule has 0 saturated carbocycles. The molecule has 1 atom stereocenters. The molecule has 0 unspecified atom stereocenters. The average Bonchev–Trinajstić information content (AvgIpc) is 3.34. The van der Waals surface area contributed by atoms with E-state index in [-0.39, 0.29) is 18.4 Å². The van der Waals surface area contributed by atoms with Crippen LogP contribution in [-0.2, 0) is 17.6 Å². The van der Waals surface area contributed by atoms with E-state index in [1.54, 1.807) is 20.4 Å². The Kier molecular flexibility index (Phi) is 5.25. The number of benzene rings is 1. The number of aryl methyl sites for hydroxylation is 1. The van der Waals surface area contributed by atoms with Gasteiger partial charge in [-0.05, 0) is 48.2 Å². The van der Waals surface area contributed by atoms with Crippen molar-refractivity contribution in [1.29, 1.82) is 0 Å². The van der Waals surface area contributed by atoms with Crippen molar-refractivity contribution < 1.29 is 14.3 Å². The van der Waals surface area contributed by atoms with Gasteiger partial charge in [-0.1, -0.05) is 6.07 Å². The van der Waals surface area contributed by atoms with Gasteiger partial charge in [0.15, 0.2) is 11.5 Å². The summed E-state index contributed by atoms with van der Waals surface area (Å²) in [5.74, 6) is 1.37. The normalized spacial score (nSPS) is 15.1. The Balaban J connectivity index is 1.44. The maximum absolute atomic E-state index is 12.6. The Bertz CT molecular complexity index is 988. The minimum Gasteiger partial charge on any atom is -0.493 e. The second-order valence-corrected chi connectivity index (χ2v) is 7.46. The third kappa shape index (κ3) is 3.71. The van der Waals surface area contributed by atoms with E-state index in [0.717, 1.165) is 40.6 Å². The highest BCUT2D eigenvalue weighted by Crippen LogP contribution is 2.39. The molecule has 1 N–H and O–H groups in total. The summed E-state index contributed by atoms with van der Waals surface area (Å²) in [6, 6.07) is 9.66. The number of ether oxygens (including phenoxy) is 2. The third-order valence-corrected chi connectivity index (χ3v) is 5.75.